The number of carbonyl (C=O) groups is 2. The second-order valence-electron chi connectivity index (χ2n) is 6.89. The Morgan fingerprint density at radius 3 is 2.36 bits per heavy atom. The number of hydrogen-bond donors (Lipinski definition) is 3. The minimum absolute atomic E-state index is 0.0574. The van der Waals surface area contributed by atoms with Crippen molar-refractivity contribution in [3.05, 3.63) is 53.6 Å². The van der Waals surface area contributed by atoms with Crippen LogP contribution in [0.4, 0.5) is 11.4 Å². The van der Waals surface area contributed by atoms with Crippen LogP contribution in [0.25, 0.3) is 0 Å². The van der Waals surface area contributed by atoms with Crippen LogP contribution >= 0.6 is 0 Å². The normalized spacial score (nSPS) is 10.6. The van der Waals surface area contributed by atoms with Crippen molar-refractivity contribution in [3.8, 4) is 5.75 Å². The van der Waals surface area contributed by atoms with Gasteiger partial charge in [0.1, 0.15) is 5.75 Å². The van der Waals surface area contributed by atoms with E-state index < -0.39 is 0 Å². The average molecular weight is 383 g/mol. The van der Waals surface area contributed by atoms with Gasteiger partial charge in [-0.2, -0.15) is 0 Å². The highest BCUT2D eigenvalue weighted by Gasteiger charge is 2.07. The fourth-order valence-electron chi connectivity index (χ4n) is 2.56. The van der Waals surface area contributed by atoms with E-state index >= 15 is 0 Å². The van der Waals surface area contributed by atoms with Gasteiger partial charge in [-0.05, 0) is 56.2 Å². The minimum atomic E-state index is -0.142. The fraction of sp³-hybridized carbons (Fsp3) is 0.364. The maximum atomic E-state index is 12.2. The number of hydrogen-bond acceptors (Lipinski definition) is 4. The van der Waals surface area contributed by atoms with E-state index in [-0.39, 0.29) is 24.5 Å². The highest BCUT2D eigenvalue weighted by Crippen LogP contribution is 2.20. The summed E-state index contributed by atoms with van der Waals surface area (Å²) in [7, 11) is 0. The first kappa shape index (κ1) is 21.4. The molecule has 0 heterocycles. The molecule has 0 unspecified atom stereocenters. The van der Waals surface area contributed by atoms with Gasteiger partial charge < -0.3 is 20.7 Å². The quantitative estimate of drug-likeness (QED) is 0.614. The SMILES string of the molecule is CCC(=O)Nc1cc(NC(=O)CNCc2ccc(OC(C)C)cc2)ccc1C. The Labute approximate surface area is 166 Å². The number of nitrogens with one attached hydrogen (secondary N) is 3. The average Bonchev–Trinajstić information content (AvgIpc) is 2.65. The van der Waals surface area contributed by atoms with E-state index in [4.69, 9.17) is 4.74 Å². The van der Waals surface area contributed by atoms with Crippen molar-refractivity contribution in [2.75, 3.05) is 17.2 Å². The molecule has 0 atom stereocenters. The molecule has 0 aromatic heterocycles. The standard InChI is InChI=1S/C22H29N3O3/c1-5-21(26)25-20-12-18(9-6-16(20)4)24-22(27)14-23-13-17-7-10-19(11-8-17)28-15(2)3/h6-12,15,23H,5,13-14H2,1-4H3,(H,24,27)(H,25,26). The second-order valence-corrected chi connectivity index (χ2v) is 6.89. The third-order valence-electron chi connectivity index (χ3n) is 4.03. The molecule has 0 radical (unpaired) electrons. The molecule has 0 bridgehead atoms. The summed E-state index contributed by atoms with van der Waals surface area (Å²) in [5.74, 6) is 0.635. The predicted molar refractivity (Wildman–Crippen MR) is 113 cm³/mol. The summed E-state index contributed by atoms with van der Waals surface area (Å²) in [6.07, 6.45) is 0.551. The van der Waals surface area contributed by atoms with Crippen LogP contribution in [0.5, 0.6) is 5.75 Å². The molecule has 0 saturated heterocycles. The second kappa shape index (κ2) is 10.5. The van der Waals surface area contributed by atoms with Crippen molar-refractivity contribution in [2.45, 2.75) is 46.8 Å². The number of benzene rings is 2. The number of rotatable bonds is 9. The number of anilines is 2. The van der Waals surface area contributed by atoms with Gasteiger partial charge in [-0.3, -0.25) is 9.59 Å². The van der Waals surface area contributed by atoms with Crippen LogP contribution in [0.15, 0.2) is 42.5 Å². The minimum Gasteiger partial charge on any atom is -0.491 e. The van der Waals surface area contributed by atoms with Gasteiger partial charge >= 0.3 is 0 Å². The lowest BCUT2D eigenvalue weighted by atomic mass is 10.1. The lowest BCUT2D eigenvalue weighted by molar-refractivity contribution is -0.116. The highest BCUT2D eigenvalue weighted by molar-refractivity contribution is 5.95. The van der Waals surface area contributed by atoms with Crippen molar-refractivity contribution >= 4 is 23.2 Å². The summed E-state index contributed by atoms with van der Waals surface area (Å²) < 4.78 is 5.62. The molecule has 2 aromatic rings. The number of carbonyl (C=O) groups excluding carboxylic acids is 2. The Kier molecular flexibility index (Phi) is 8.02. The maximum Gasteiger partial charge on any atom is 0.238 e. The van der Waals surface area contributed by atoms with Gasteiger partial charge in [-0.1, -0.05) is 25.1 Å². The molecular formula is C22H29N3O3. The van der Waals surface area contributed by atoms with E-state index in [1.54, 1.807) is 13.0 Å². The van der Waals surface area contributed by atoms with Gasteiger partial charge in [-0.25, -0.2) is 0 Å². The largest absolute Gasteiger partial charge is 0.491 e. The Morgan fingerprint density at radius 1 is 1.00 bits per heavy atom. The molecule has 6 heteroatoms. The lowest BCUT2D eigenvalue weighted by Crippen LogP contribution is -2.27. The molecule has 0 aliphatic heterocycles. The predicted octanol–water partition coefficient (Wildman–Crippen LogP) is 3.86. The molecule has 6 nitrogen and oxygen atoms in total. The summed E-state index contributed by atoms with van der Waals surface area (Å²) >= 11 is 0. The maximum absolute atomic E-state index is 12.2. The third kappa shape index (κ3) is 7.04. The van der Waals surface area contributed by atoms with Gasteiger partial charge in [0, 0.05) is 24.3 Å². The topological polar surface area (TPSA) is 79.5 Å². The molecule has 2 rings (SSSR count). The summed E-state index contributed by atoms with van der Waals surface area (Å²) in [6, 6.07) is 13.3. The summed E-state index contributed by atoms with van der Waals surface area (Å²) in [5, 5.41) is 8.81. The van der Waals surface area contributed by atoms with Crippen LogP contribution in [0.1, 0.15) is 38.3 Å². The van der Waals surface area contributed by atoms with E-state index in [0.29, 0.717) is 24.3 Å². The molecule has 0 aliphatic rings. The van der Waals surface area contributed by atoms with Gasteiger partial charge in [0.05, 0.1) is 12.6 Å². The van der Waals surface area contributed by atoms with Crippen LogP contribution in [-0.2, 0) is 16.1 Å². The Hall–Kier alpha value is -2.86. The molecule has 150 valence electrons. The van der Waals surface area contributed by atoms with Crippen molar-refractivity contribution in [1.82, 2.24) is 5.32 Å². The lowest BCUT2D eigenvalue weighted by Gasteiger charge is -2.12. The van der Waals surface area contributed by atoms with E-state index in [9.17, 15) is 9.59 Å². The highest BCUT2D eigenvalue weighted by atomic mass is 16.5. The van der Waals surface area contributed by atoms with Crippen molar-refractivity contribution in [3.63, 3.8) is 0 Å². The van der Waals surface area contributed by atoms with Crippen LogP contribution in [0, 0.1) is 6.92 Å². The number of ether oxygens (including phenoxy) is 1. The third-order valence-corrected chi connectivity index (χ3v) is 4.03. The monoisotopic (exact) mass is 383 g/mol. The number of aryl methyl sites for hydroxylation is 1. The summed E-state index contributed by atoms with van der Waals surface area (Å²) in [5.41, 5.74) is 3.38. The van der Waals surface area contributed by atoms with Crippen LogP contribution in [-0.4, -0.2) is 24.5 Å². The Balaban J connectivity index is 1.82. The Bertz CT molecular complexity index is 801. The van der Waals surface area contributed by atoms with Gasteiger partial charge in [0.25, 0.3) is 0 Å². The first-order chi connectivity index (χ1) is 13.4. The zero-order valence-electron chi connectivity index (χ0n) is 17.0. The van der Waals surface area contributed by atoms with Crippen LogP contribution in [0.2, 0.25) is 0 Å². The molecule has 2 amide bonds. The van der Waals surface area contributed by atoms with Crippen molar-refractivity contribution in [2.24, 2.45) is 0 Å². The van der Waals surface area contributed by atoms with Crippen molar-refractivity contribution in [1.29, 1.82) is 0 Å². The molecular weight excluding hydrogens is 354 g/mol. The van der Waals surface area contributed by atoms with E-state index in [0.717, 1.165) is 16.9 Å². The molecule has 0 spiro atoms. The van der Waals surface area contributed by atoms with E-state index in [2.05, 4.69) is 16.0 Å². The molecule has 0 fully saturated rings. The van der Waals surface area contributed by atoms with Crippen LogP contribution in [0.3, 0.4) is 0 Å². The zero-order chi connectivity index (χ0) is 20.5. The number of amides is 2. The zero-order valence-corrected chi connectivity index (χ0v) is 17.0. The smallest absolute Gasteiger partial charge is 0.238 e. The first-order valence-corrected chi connectivity index (χ1v) is 9.54. The summed E-state index contributed by atoms with van der Waals surface area (Å²) in [4.78, 5) is 23.8. The fourth-order valence-corrected chi connectivity index (χ4v) is 2.56. The van der Waals surface area contributed by atoms with Gasteiger partial charge in [0.15, 0.2) is 0 Å². The van der Waals surface area contributed by atoms with E-state index in [1.807, 2.05) is 57.2 Å². The van der Waals surface area contributed by atoms with E-state index in [1.165, 1.54) is 0 Å². The first-order valence-electron chi connectivity index (χ1n) is 9.54. The molecule has 0 saturated carbocycles. The van der Waals surface area contributed by atoms with Crippen LogP contribution < -0.4 is 20.7 Å². The molecule has 2 aromatic carbocycles. The van der Waals surface area contributed by atoms with Gasteiger partial charge in [-0.15, -0.1) is 0 Å². The molecule has 3 N–H and O–H groups in total. The Morgan fingerprint density at radius 2 is 1.71 bits per heavy atom. The van der Waals surface area contributed by atoms with Gasteiger partial charge in [0.2, 0.25) is 11.8 Å². The summed E-state index contributed by atoms with van der Waals surface area (Å²) in [6.45, 7) is 8.46. The molecule has 0 aliphatic carbocycles. The molecule has 28 heavy (non-hydrogen) atoms. The van der Waals surface area contributed by atoms with Crippen molar-refractivity contribution < 1.29 is 14.3 Å².